The Morgan fingerprint density at radius 3 is 2.75 bits per heavy atom. The monoisotopic (exact) mass is 342 g/mol. The van der Waals surface area contributed by atoms with E-state index in [1.165, 1.54) is 0 Å². The second-order valence-electron chi connectivity index (χ2n) is 3.26. The topological polar surface area (TPSA) is 34.9 Å². The summed E-state index contributed by atoms with van der Waals surface area (Å²) in [6.45, 7) is 0.478. The van der Waals surface area contributed by atoms with Crippen molar-refractivity contribution in [1.82, 2.24) is 9.55 Å². The maximum atomic E-state index is 11.7. The number of hydrogen-bond acceptors (Lipinski definition) is 2. The molecule has 0 aliphatic carbocycles. The molecule has 0 atom stereocenters. The van der Waals surface area contributed by atoms with Gasteiger partial charge in [0.15, 0.2) is 0 Å². The van der Waals surface area contributed by atoms with Gasteiger partial charge in [0.1, 0.15) is 0 Å². The number of halogens is 2. The van der Waals surface area contributed by atoms with Crippen LogP contribution >= 0.6 is 31.9 Å². The fraction of sp³-hybridized carbons (Fsp3) is 0.0909. The SMILES string of the molecule is O=c1c(Br)cccn1Cc1ccc(Br)cn1. The van der Waals surface area contributed by atoms with Crippen molar-refractivity contribution < 1.29 is 0 Å². The summed E-state index contributed by atoms with van der Waals surface area (Å²) >= 11 is 6.53. The van der Waals surface area contributed by atoms with Gasteiger partial charge in [-0.1, -0.05) is 0 Å². The van der Waals surface area contributed by atoms with Crippen LogP contribution in [0.5, 0.6) is 0 Å². The maximum absolute atomic E-state index is 11.7. The van der Waals surface area contributed by atoms with E-state index in [2.05, 4.69) is 36.8 Å². The first-order valence-electron chi connectivity index (χ1n) is 4.62. The summed E-state index contributed by atoms with van der Waals surface area (Å²) in [6, 6.07) is 7.35. The van der Waals surface area contributed by atoms with E-state index >= 15 is 0 Å². The maximum Gasteiger partial charge on any atom is 0.265 e. The van der Waals surface area contributed by atoms with Gasteiger partial charge < -0.3 is 4.57 Å². The van der Waals surface area contributed by atoms with Gasteiger partial charge in [0.2, 0.25) is 0 Å². The number of rotatable bonds is 2. The highest BCUT2D eigenvalue weighted by molar-refractivity contribution is 9.10. The van der Waals surface area contributed by atoms with Gasteiger partial charge in [-0.2, -0.15) is 0 Å². The van der Waals surface area contributed by atoms with Crippen molar-refractivity contribution in [3.63, 3.8) is 0 Å². The van der Waals surface area contributed by atoms with E-state index in [9.17, 15) is 4.79 Å². The lowest BCUT2D eigenvalue weighted by Gasteiger charge is -2.05. The number of aromatic nitrogens is 2. The first-order valence-corrected chi connectivity index (χ1v) is 6.21. The van der Waals surface area contributed by atoms with Gasteiger partial charge >= 0.3 is 0 Å². The lowest BCUT2D eigenvalue weighted by molar-refractivity contribution is 0.735. The molecule has 0 radical (unpaired) electrons. The minimum Gasteiger partial charge on any atom is -0.309 e. The summed E-state index contributed by atoms with van der Waals surface area (Å²) in [5.74, 6) is 0. The Morgan fingerprint density at radius 2 is 2.06 bits per heavy atom. The number of pyridine rings is 2. The zero-order valence-electron chi connectivity index (χ0n) is 8.23. The smallest absolute Gasteiger partial charge is 0.265 e. The largest absolute Gasteiger partial charge is 0.309 e. The summed E-state index contributed by atoms with van der Waals surface area (Å²) in [5, 5.41) is 0. The molecule has 2 heterocycles. The minimum absolute atomic E-state index is 0.0489. The highest BCUT2D eigenvalue weighted by Crippen LogP contribution is 2.08. The van der Waals surface area contributed by atoms with Crippen molar-refractivity contribution >= 4 is 31.9 Å². The van der Waals surface area contributed by atoms with Gasteiger partial charge in [-0.05, 0) is 56.1 Å². The first kappa shape index (κ1) is 11.5. The van der Waals surface area contributed by atoms with Gasteiger partial charge in [0, 0.05) is 16.9 Å². The van der Waals surface area contributed by atoms with E-state index in [-0.39, 0.29) is 5.56 Å². The average Bonchev–Trinajstić information content (AvgIpc) is 2.28. The molecule has 0 amide bonds. The summed E-state index contributed by atoms with van der Waals surface area (Å²) in [6.07, 6.45) is 3.47. The third-order valence-corrected chi connectivity index (χ3v) is 3.17. The molecule has 0 saturated heterocycles. The van der Waals surface area contributed by atoms with Crippen LogP contribution in [-0.4, -0.2) is 9.55 Å². The van der Waals surface area contributed by atoms with Crippen LogP contribution in [0.2, 0.25) is 0 Å². The lowest BCUT2D eigenvalue weighted by atomic mass is 10.3. The predicted octanol–water partition coefficient (Wildman–Crippen LogP) is 2.82. The lowest BCUT2D eigenvalue weighted by Crippen LogP contribution is -2.20. The molecule has 3 nitrogen and oxygen atoms in total. The van der Waals surface area contributed by atoms with Crippen molar-refractivity contribution in [2.45, 2.75) is 6.54 Å². The molecular weight excluding hydrogens is 336 g/mol. The summed E-state index contributed by atoms with van der Waals surface area (Å²) in [5.41, 5.74) is 0.801. The molecule has 0 aliphatic heterocycles. The molecule has 0 saturated carbocycles. The Kier molecular flexibility index (Phi) is 3.56. The van der Waals surface area contributed by atoms with Crippen molar-refractivity contribution in [2.24, 2.45) is 0 Å². The Morgan fingerprint density at radius 1 is 1.25 bits per heavy atom. The number of nitrogens with zero attached hydrogens (tertiary/aromatic N) is 2. The van der Waals surface area contributed by atoms with Crippen molar-refractivity contribution in [3.05, 3.63) is 61.7 Å². The zero-order chi connectivity index (χ0) is 11.5. The Bertz CT molecular complexity index is 549. The van der Waals surface area contributed by atoms with Crippen LogP contribution in [0.4, 0.5) is 0 Å². The molecule has 2 rings (SSSR count). The fourth-order valence-electron chi connectivity index (χ4n) is 1.31. The summed E-state index contributed by atoms with van der Waals surface area (Å²) in [7, 11) is 0. The molecular formula is C11H8Br2N2O. The Labute approximate surface area is 109 Å². The molecule has 0 unspecified atom stereocenters. The third kappa shape index (κ3) is 2.59. The van der Waals surface area contributed by atoms with Crippen LogP contribution in [0.3, 0.4) is 0 Å². The van der Waals surface area contributed by atoms with E-state index in [0.29, 0.717) is 11.0 Å². The average molecular weight is 344 g/mol. The third-order valence-electron chi connectivity index (χ3n) is 2.09. The Hall–Kier alpha value is -0.940. The molecule has 0 N–H and O–H groups in total. The van der Waals surface area contributed by atoms with Crippen LogP contribution < -0.4 is 5.56 Å². The quantitative estimate of drug-likeness (QED) is 0.840. The van der Waals surface area contributed by atoms with Crippen molar-refractivity contribution in [3.8, 4) is 0 Å². The first-order chi connectivity index (χ1) is 7.66. The summed E-state index contributed by atoms with van der Waals surface area (Å²) in [4.78, 5) is 15.9. The van der Waals surface area contributed by atoms with Crippen LogP contribution in [0.15, 0.2) is 50.4 Å². The van der Waals surface area contributed by atoms with Crippen LogP contribution in [0.1, 0.15) is 5.69 Å². The highest BCUT2D eigenvalue weighted by Gasteiger charge is 2.01. The molecule has 0 fully saturated rings. The zero-order valence-corrected chi connectivity index (χ0v) is 11.4. The molecule has 0 aliphatic rings. The fourth-order valence-corrected chi connectivity index (χ4v) is 1.92. The van der Waals surface area contributed by atoms with Gasteiger partial charge in [0.05, 0.1) is 16.7 Å². The normalized spacial score (nSPS) is 10.4. The van der Waals surface area contributed by atoms with E-state index in [0.717, 1.165) is 10.2 Å². The van der Waals surface area contributed by atoms with Gasteiger partial charge in [-0.25, -0.2) is 0 Å². The molecule has 0 bridgehead atoms. The highest BCUT2D eigenvalue weighted by atomic mass is 79.9. The number of hydrogen-bond donors (Lipinski definition) is 0. The summed E-state index contributed by atoms with van der Waals surface area (Å²) < 4.78 is 3.10. The van der Waals surface area contributed by atoms with Crippen molar-refractivity contribution in [1.29, 1.82) is 0 Å². The van der Waals surface area contributed by atoms with Crippen LogP contribution in [0.25, 0.3) is 0 Å². The second kappa shape index (κ2) is 4.93. The molecule has 0 spiro atoms. The van der Waals surface area contributed by atoms with E-state index < -0.39 is 0 Å². The van der Waals surface area contributed by atoms with Crippen LogP contribution in [0, 0.1) is 0 Å². The molecule has 82 valence electrons. The second-order valence-corrected chi connectivity index (χ2v) is 5.03. The standard InChI is InChI=1S/C11H8Br2N2O/c12-8-3-4-9(14-6-8)7-15-5-1-2-10(13)11(15)16/h1-6H,7H2. The van der Waals surface area contributed by atoms with Crippen LogP contribution in [-0.2, 0) is 6.54 Å². The molecule has 5 heteroatoms. The van der Waals surface area contributed by atoms with E-state index in [1.807, 2.05) is 18.2 Å². The van der Waals surface area contributed by atoms with Gasteiger partial charge in [-0.3, -0.25) is 9.78 Å². The van der Waals surface area contributed by atoms with Crippen molar-refractivity contribution in [2.75, 3.05) is 0 Å². The van der Waals surface area contributed by atoms with Gasteiger partial charge in [-0.15, -0.1) is 0 Å². The predicted molar refractivity (Wildman–Crippen MR) is 69.4 cm³/mol. The molecule has 2 aromatic rings. The molecule has 2 aromatic heterocycles. The van der Waals surface area contributed by atoms with Gasteiger partial charge in [0.25, 0.3) is 5.56 Å². The minimum atomic E-state index is -0.0489. The molecule has 0 aromatic carbocycles. The molecule has 16 heavy (non-hydrogen) atoms. The Balaban J connectivity index is 2.31. The van der Waals surface area contributed by atoms with E-state index in [1.54, 1.807) is 23.0 Å². The van der Waals surface area contributed by atoms with E-state index in [4.69, 9.17) is 0 Å².